The summed E-state index contributed by atoms with van der Waals surface area (Å²) in [5.74, 6) is 6.62. The first kappa shape index (κ1) is 13.1. The molecule has 1 aromatic rings. The largest absolute Gasteiger partial charge is 0.496 e. The summed E-state index contributed by atoms with van der Waals surface area (Å²) in [4.78, 5) is 0. The maximum Gasteiger partial charge on any atom is 0.120 e. The fraction of sp³-hybridized carbons (Fsp3) is 0.615. The Labute approximate surface area is 108 Å². The van der Waals surface area contributed by atoms with Crippen LogP contribution in [0.3, 0.4) is 0 Å². The summed E-state index contributed by atoms with van der Waals surface area (Å²) in [5.41, 5.74) is 5.01. The Morgan fingerprint density at radius 2 is 2.39 bits per heavy atom. The minimum absolute atomic E-state index is 0.0990. The van der Waals surface area contributed by atoms with Gasteiger partial charge in [-0.2, -0.15) is 5.10 Å². The van der Waals surface area contributed by atoms with Crippen LogP contribution < -0.4 is 11.3 Å². The van der Waals surface area contributed by atoms with Gasteiger partial charge in [-0.1, -0.05) is 6.92 Å². The van der Waals surface area contributed by atoms with Crippen molar-refractivity contribution in [3.05, 3.63) is 29.3 Å². The molecule has 0 amide bonds. The van der Waals surface area contributed by atoms with Crippen molar-refractivity contribution in [2.45, 2.75) is 45.7 Å². The van der Waals surface area contributed by atoms with E-state index >= 15 is 0 Å². The summed E-state index contributed by atoms with van der Waals surface area (Å²) in [7, 11) is 0. The van der Waals surface area contributed by atoms with E-state index in [2.05, 4.69) is 36.5 Å². The van der Waals surface area contributed by atoms with Crippen LogP contribution in [-0.4, -0.2) is 16.4 Å². The zero-order chi connectivity index (χ0) is 13.0. The van der Waals surface area contributed by atoms with Crippen molar-refractivity contribution in [1.82, 2.24) is 15.2 Å². The third-order valence-electron chi connectivity index (χ3n) is 3.23. The van der Waals surface area contributed by atoms with Gasteiger partial charge in [0.15, 0.2) is 0 Å². The van der Waals surface area contributed by atoms with Crippen LogP contribution in [0, 0.1) is 0 Å². The number of aromatic nitrogens is 2. The number of hydrazine groups is 1. The molecule has 2 heterocycles. The number of hydrogen-bond donors (Lipinski definition) is 2. The Morgan fingerprint density at radius 3 is 2.94 bits per heavy atom. The van der Waals surface area contributed by atoms with Crippen LogP contribution in [0.1, 0.15) is 44.1 Å². The molecule has 0 fully saturated rings. The number of nitrogens with two attached hydrogens (primary N) is 1. The SMILES string of the molecule is CCc1cc(C(NN)C2=CCCCO2)n(CC)n1. The maximum absolute atomic E-state index is 5.71. The summed E-state index contributed by atoms with van der Waals surface area (Å²) in [6.45, 7) is 5.79. The fourth-order valence-corrected chi connectivity index (χ4v) is 2.24. The number of allylic oxidation sites excluding steroid dienone is 1. The van der Waals surface area contributed by atoms with Gasteiger partial charge in [0.25, 0.3) is 0 Å². The summed E-state index contributed by atoms with van der Waals surface area (Å²) in [6.07, 6.45) is 5.17. The molecule has 0 bridgehead atoms. The van der Waals surface area contributed by atoms with Crippen LogP contribution in [0.4, 0.5) is 0 Å². The Hall–Kier alpha value is -1.33. The average molecular weight is 250 g/mol. The zero-order valence-electron chi connectivity index (χ0n) is 11.1. The van der Waals surface area contributed by atoms with Gasteiger partial charge in [0.2, 0.25) is 0 Å². The quantitative estimate of drug-likeness (QED) is 0.616. The Balaban J connectivity index is 2.31. The second kappa shape index (κ2) is 6.02. The lowest BCUT2D eigenvalue weighted by Gasteiger charge is -2.23. The van der Waals surface area contributed by atoms with Crippen molar-refractivity contribution in [2.24, 2.45) is 5.84 Å². The lowest BCUT2D eigenvalue weighted by atomic mass is 10.1. The molecular formula is C13H22N4O. The normalized spacial score (nSPS) is 17.2. The van der Waals surface area contributed by atoms with E-state index in [1.54, 1.807) is 0 Å². The van der Waals surface area contributed by atoms with E-state index in [0.29, 0.717) is 0 Å². The first-order valence-electron chi connectivity index (χ1n) is 6.65. The standard InChI is InChI=1S/C13H22N4O/c1-3-10-9-11(17(4-2)16-10)13(15-14)12-7-5-6-8-18-12/h7,9,13,15H,3-6,8,14H2,1-2H3. The molecular weight excluding hydrogens is 228 g/mol. The van der Waals surface area contributed by atoms with E-state index in [0.717, 1.165) is 49.6 Å². The van der Waals surface area contributed by atoms with Crippen molar-refractivity contribution >= 4 is 0 Å². The van der Waals surface area contributed by atoms with Gasteiger partial charge < -0.3 is 4.74 Å². The second-order valence-electron chi connectivity index (χ2n) is 4.43. The lowest BCUT2D eigenvalue weighted by Crippen LogP contribution is -2.32. The molecule has 0 spiro atoms. The minimum atomic E-state index is -0.0990. The third kappa shape index (κ3) is 2.57. The smallest absolute Gasteiger partial charge is 0.120 e. The predicted molar refractivity (Wildman–Crippen MR) is 70.6 cm³/mol. The van der Waals surface area contributed by atoms with E-state index in [1.165, 1.54) is 0 Å². The van der Waals surface area contributed by atoms with Gasteiger partial charge >= 0.3 is 0 Å². The van der Waals surface area contributed by atoms with Crippen molar-refractivity contribution in [3.8, 4) is 0 Å². The molecule has 5 nitrogen and oxygen atoms in total. The molecule has 18 heavy (non-hydrogen) atoms. The fourth-order valence-electron chi connectivity index (χ4n) is 2.24. The summed E-state index contributed by atoms with van der Waals surface area (Å²) < 4.78 is 7.69. The van der Waals surface area contributed by atoms with E-state index in [4.69, 9.17) is 10.6 Å². The van der Waals surface area contributed by atoms with Crippen molar-refractivity contribution in [3.63, 3.8) is 0 Å². The highest BCUT2D eigenvalue weighted by molar-refractivity contribution is 5.22. The molecule has 3 N–H and O–H groups in total. The summed E-state index contributed by atoms with van der Waals surface area (Å²) in [6, 6.07) is 2.00. The number of aryl methyl sites for hydroxylation is 2. The Kier molecular flexibility index (Phi) is 4.38. The lowest BCUT2D eigenvalue weighted by molar-refractivity contribution is 0.165. The number of nitrogens with one attached hydrogen (secondary N) is 1. The van der Waals surface area contributed by atoms with Gasteiger partial charge in [-0.25, -0.2) is 5.43 Å². The molecule has 0 saturated heterocycles. The van der Waals surface area contributed by atoms with Crippen LogP contribution in [0.25, 0.3) is 0 Å². The van der Waals surface area contributed by atoms with Gasteiger partial charge in [0.1, 0.15) is 11.8 Å². The molecule has 0 saturated carbocycles. The van der Waals surface area contributed by atoms with Gasteiger partial charge in [-0.15, -0.1) is 0 Å². The van der Waals surface area contributed by atoms with E-state index in [-0.39, 0.29) is 6.04 Å². The predicted octanol–water partition coefficient (Wildman–Crippen LogP) is 1.66. The van der Waals surface area contributed by atoms with E-state index in [9.17, 15) is 0 Å². The average Bonchev–Trinajstić information content (AvgIpc) is 2.84. The van der Waals surface area contributed by atoms with Crippen LogP contribution in [-0.2, 0) is 17.7 Å². The number of rotatable bonds is 5. The molecule has 2 rings (SSSR count). The maximum atomic E-state index is 5.71. The monoisotopic (exact) mass is 250 g/mol. The molecule has 1 aromatic heterocycles. The Morgan fingerprint density at radius 1 is 1.56 bits per heavy atom. The van der Waals surface area contributed by atoms with Gasteiger partial charge in [0, 0.05) is 6.54 Å². The number of hydrogen-bond acceptors (Lipinski definition) is 4. The summed E-state index contributed by atoms with van der Waals surface area (Å²) >= 11 is 0. The summed E-state index contributed by atoms with van der Waals surface area (Å²) in [5, 5.41) is 4.55. The molecule has 0 aliphatic carbocycles. The first-order valence-corrected chi connectivity index (χ1v) is 6.65. The van der Waals surface area contributed by atoms with Crippen LogP contribution in [0.5, 0.6) is 0 Å². The van der Waals surface area contributed by atoms with E-state index < -0.39 is 0 Å². The highest BCUT2D eigenvalue weighted by atomic mass is 16.5. The van der Waals surface area contributed by atoms with Crippen LogP contribution in [0.15, 0.2) is 17.9 Å². The number of ether oxygens (including phenoxy) is 1. The number of nitrogens with zero attached hydrogens (tertiary/aromatic N) is 2. The molecule has 1 atom stereocenters. The van der Waals surface area contributed by atoms with Crippen LogP contribution in [0.2, 0.25) is 0 Å². The molecule has 0 radical (unpaired) electrons. The first-order chi connectivity index (χ1) is 8.80. The van der Waals surface area contributed by atoms with Crippen molar-refractivity contribution in [2.75, 3.05) is 6.61 Å². The highest BCUT2D eigenvalue weighted by Gasteiger charge is 2.22. The molecule has 100 valence electrons. The molecule has 0 aromatic carbocycles. The highest BCUT2D eigenvalue weighted by Crippen LogP contribution is 2.26. The van der Waals surface area contributed by atoms with E-state index in [1.807, 2.05) is 4.68 Å². The third-order valence-corrected chi connectivity index (χ3v) is 3.23. The van der Waals surface area contributed by atoms with Crippen LogP contribution >= 0.6 is 0 Å². The molecule has 1 aliphatic rings. The molecule has 5 heteroatoms. The van der Waals surface area contributed by atoms with Crippen molar-refractivity contribution in [1.29, 1.82) is 0 Å². The van der Waals surface area contributed by atoms with Gasteiger partial charge in [-0.05, 0) is 38.3 Å². The minimum Gasteiger partial charge on any atom is -0.496 e. The zero-order valence-corrected chi connectivity index (χ0v) is 11.1. The van der Waals surface area contributed by atoms with Gasteiger partial charge in [0.05, 0.1) is 18.0 Å². The molecule has 1 aliphatic heterocycles. The van der Waals surface area contributed by atoms with Gasteiger partial charge in [-0.3, -0.25) is 10.5 Å². The Bertz CT molecular complexity index is 425. The molecule has 1 unspecified atom stereocenters. The van der Waals surface area contributed by atoms with Crippen molar-refractivity contribution < 1.29 is 4.74 Å². The second-order valence-corrected chi connectivity index (χ2v) is 4.43. The topological polar surface area (TPSA) is 65.1 Å².